The molecule has 2 heterocycles. The van der Waals surface area contributed by atoms with Gasteiger partial charge in [0.2, 0.25) is 11.8 Å². The number of hydrogen-bond donors (Lipinski definition) is 1. The molecule has 1 saturated carbocycles. The molecule has 8 nitrogen and oxygen atoms in total. The van der Waals surface area contributed by atoms with Crippen molar-refractivity contribution in [2.24, 2.45) is 5.92 Å². The molecule has 3 amide bonds. The minimum atomic E-state index is -0.670. The lowest BCUT2D eigenvalue weighted by molar-refractivity contribution is -0.152. The highest BCUT2D eigenvalue weighted by Crippen LogP contribution is 2.29. The van der Waals surface area contributed by atoms with Crippen LogP contribution in [0.15, 0.2) is 24.3 Å². The van der Waals surface area contributed by atoms with Crippen molar-refractivity contribution in [2.45, 2.75) is 50.6 Å². The summed E-state index contributed by atoms with van der Waals surface area (Å²) in [5.74, 6) is -0.517. The smallest absolute Gasteiger partial charge is 0.337 e. The van der Waals surface area contributed by atoms with Crippen LogP contribution in [-0.4, -0.2) is 72.3 Å². The van der Waals surface area contributed by atoms with E-state index in [1.165, 1.54) is 32.4 Å². The molecular weight excluding hydrogens is 398 g/mol. The second-order valence-corrected chi connectivity index (χ2v) is 8.67. The molecule has 3 fully saturated rings. The molecule has 0 bridgehead atoms. The number of carbonyl (C=O) groups excluding carboxylic acids is 4. The Labute approximate surface area is 181 Å². The topological polar surface area (TPSA) is 96.0 Å². The summed E-state index contributed by atoms with van der Waals surface area (Å²) in [6.45, 7) is 0.836. The van der Waals surface area contributed by atoms with Crippen LogP contribution in [0.5, 0.6) is 0 Å². The van der Waals surface area contributed by atoms with Crippen molar-refractivity contribution in [3.8, 4) is 0 Å². The van der Waals surface area contributed by atoms with Crippen LogP contribution in [0.3, 0.4) is 0 Å². The third-order valence-corrected chi connectivity index (χ3v) is 6.69. The number of rotatable bonds is 4. The number of nitrogens with zero attached hydrogens (tertiary/aromatic N) is 2. The first-order chi connectivity index (χ1) is 15.0. The molecule has 2 aliphatic heterocycles. The van der Waals surface area contributed by atoms with Gasteiger partial charge in [0.05, 0.1) is 19.2 Å². The predicted octanol–water partition coefficient (Wildman–Crippen LogP) is 1.59. The van der Waals surface area contributed by atoms with E-state index in [-0.39, 0.29) is 24.3 Å². The Bertz CT molecular complexity index is 880. The van der Waals surface area contributed by atoms with Crippen LogP contribution in [0.4, 0.5) is 0 Å². The molecule has 8 heteroatoms. The second kappa shape index (κ2) is 9.08. The van der Waals surface area contributed by atoms with Crippen LogP contribution >= 0.6 is 0 Å². The van der Waals surface area contributed by atoms with Crippen molar-refractivity contribution >= 4 is 23.7 Å². The minimum Gasteiger partial charge on any atom is -0.465 e. The standard InChI is InChI=1S/C23H29N3O5/c1-31-23(30)17-9-5-8-16(13-17)21(28)25-10-11-26-19(14-25)20(27)24-18(22(26)29)12-15-6-3-2-4-7-15/h5,8-9,13,15,18-19H,2-4,6-7,10-12,14H2,1H3,(H,24,27)/t18-,19+/m0/s1. The van der Waals surface area contributed by atoms with Crippen LogP contribution in [0, 0.1) is 5.92 Å². The summed E-state index contributed by atoms with van der Waals surface area (Å²) in [6, 6.07) is 5.21. The Kier molecular flexibility index (Phi) is 6.25. The van der Waals surface area contributed by atoms with Gasteiger partial charge in [0.1, 0.15) is 12.1 Å². The lowest BCUT2D eigenvalue weighted by Crippen LogP contribution is -2.69. The van der Waals surface area contributed by atoms with E-state index in [0.717, 1.165) is 12.8 Å². The normalized spacial score (nSPS) is 24.4. The molecule has 1 aromatic carbocycles. The molecule has 0 spiro atoms. The van der Waals surface area contributed by atoms with Gasteiger partial charge in [-0.05, 0) is 30.5 Å². The molecule has 0 aromatic heterocycles. The molecule has 0 unspecified atom stereocenters. The number of hydrogen-bond acceptors (Lipinski definition) is 5. The summed E-state index contributed by atoms with van der Waals surface area (Å²) >= 11 is 0. The summed E-state index contributed by atoms with van der Waals surface area (Å²) < 4.78 is 4.72. The summed E-state index contributed by atoms with van der Waals surface area (Å²) in [5.41, 5.74) is 0.650. The van der Waals surface area contributed by atoms with Crippen LogP contribution in [0.2, 0.25) is 0 Å². The van der Waals surface area contributed by atoms with Crippen molar-refractivity contribution in [3.63, 3.8) is 0 Å². The van der Waals surface area contributed by atoms with E-state index in [4.69, 9.17) is 4.74 Å². The molecule has 0 radical (unpaired) electrons. The highest BCUT2D eigenvalue weighted by atomic mass is 16.5. The van der Waals surface area contributed by atoms with Crippen LogP contribution in [0.1, 0.15) is 59.2 Å². The first kappa shape index (κ1) is 21.3. The van der Waals surface area contributed by atoms with Gasteiger partial charge in [0.25, 0.3) is 5.91 Å². The summed E-state index contributed by atoms with van der Waals surface area (Å²) in [5, 5.41) is 2.91. The number of esters is 1. The van der Waals surface area contributed by atoms with Crippen molar-refractivity contribution in [1.29, 1.82) is 0 Å². The maximum atomic E-state index is 13.0. The quantitative estimate of drug-likeness (QED) is 0.737. The predicted molar refractivity (Wildman–Crippen MR) is 112 cm³/mol. The van der Waals surface area contributed by atoms with E-state index in [0.29, 0.717) is 36.6 Å². The summed E-state index contributed by atoms with van der Waals surface area (Å²) in [4.78, 5) is 53.8. The van der Waals surface area contributed by atoms with E-state index in [9.17, 15) is 19.2 Å². The fourth-order valence-corrected chi connectivity index (χ4v) is 4.98. The maximum absolute atomic E-state index is 13.0. The number of benzene rings is 1. The van der Waals surface area contributed by atoms with Gasteiger partial charge in [-0.15, -0.1) is 0 Å². The zero-order chi connectivity index (χ0) is 22.0. The number of ether oxygens (including phenoxy) is 1. The van der Waals surface area contributed by atoms with Gasteiger partial charge in [0.15, 0.2) is 0 Å². The van der Waals surface area contributed by atoms with Gasteiger partial charge < -0.3 is 19.9 Å². The molecule has 2 atom stereocenters. The molecule has 31 heavy (non-hydrogen) atoms. The van der Waals surface area contributed by atoms with Gasteiger partial charge in [0, 0.05) is 18.7 Å². The number of methoxy groups -OCH3 is 1. The van der Waals surface area contributed by atoms with E-state index >= 15 is 0 Å². The van der Waals surface area contributed by atoms with E-state index < -0.39 is 18.1 Å². The van der Waals surface area contributed by atoms with Gasteiger partial charge in [-0.25, -0.2) is 4.79 Å². The molecule has 3 aliphatic rings. The molecule has 1 N–H and O–H groups in total. The van der Waals surface area contributed by atoms with Gasteiger partial charge in [-0.3, -0.25) is 14.4 Å². The Hall–Kier alpha value is -2.90. The molecular formula is C23H29N3O5. The first-order valence-electron chi connectivity index (χ1n) is 11.1. The maximum Gasteiger partial charge on any atom is 0.337 e. The third kappa shape index (κ3) is 4.43. The van der Waals surface area contributed by atoms with Crippen molar-refractivity contribution in [3.05, 3.63) is 35.4 Å². The Balaban J connectivity index is 1.42. The molecule has 1 aliphatic carbocycles. The highest BCUT2D eigenvalue weighted by Gasteiger charge is 2.44. The number of amides is 3. The van der Waals surface area contributed by atoms with E-state index in [1.54, 1.807) is 28.0 Å². The molecule has 2 saturated heterocycles. The van der Waals surface area contributed by atoms with Crippen LogP contribution in [0.25, 0.3) is 0 Å². The largest absolute Gasteiger partial charge is 0.465 e. The lowest BCUT2D eigenvalue weighted by Gasteiger charge is -2.45. The number of piperazine rings is 2. The van der Waals surface area contributed by atoms with Gasteiger partial charge in [-0.2, -0.15) is 0 Å². The van der Waals surface area contributed by atoms with Gasteiger partial charge in [-0.1, -0.05) is 38.2 Å². The molecule has 166 valence electrons. The average molecular weight is 428 g/mol. The van der Waals surface area contributed by atoms with Gasteiger partial charge >= 0.3 is 5.97 Å². The monoisotopic (exact) mass is 427 g/mol. The van der Waals surface area contributed by atoms with Crippen LogP contribution < -0.4 is 5.32 Å². The zero-order valence-electron chi connectivity index (χ0n) is 17.8. The average Bonchev–Trinajstić information content (AvgIpc) is 2.81. The summed E-state index contributed by atoms with van der Waals surface area (Å²) in [7, 11) is 1.29. The third-order valence-electron chi connectivity index (χ3n) is 6.69. The van der Waals surface area contributed by atoms with E-state index in [2.05, 4.69) is 5.32 Å². The van der Waals surface area contributed by atoms with Crippen molar-refractivity contribution in [2.75, 3.05) is 26.7 Å². The number of fused-ring (bicyclic) bond motifs is 1. The fraction of sp³-hybridized carbons (Fsp3) is 0.565. The summed E-state index contributed by atoms with van der Waals surface area (Å²) in [6.07, 6.45) is 6.59. The SMILES string of the molecule is COC(=O)c1cccc(C(=O)N2CCN3C(=O)[C@H](CC4CCCCC4)NC(=O)[C@H]3C2)c1. The van der Waals surface area contributed by atoms with Crippen molar-refractivity contribution in [1.82, 2.24) is 15.1 Å². The van der Waals surface area contributed by atoms with Crippen molar-refractivity contribution < 1.29 is 23.9 Å². The van der Waals surface area contributed by atoms with E-state index in [1.807, 2.05) is 0 Å². The molecule has 1 aromatic rings. The Morgan fingerprint density at radius 3 is 2.58 bits per heavy atom. The fourth-order valence-electron chi connectivity index (χ4n) is 4.98. The minimum absolute atomic E-state index is 0.0324. The lowest BCUT2D eigenvalue weighted by atomic mass is 9.84. The number of nitrogens with one attached hydrogen (secondary N) is 1. The number of carbonyl (C=O) groups is 4. The van der Waals surface area contributed by atoms with Crippen LogP contribution in [-0.2, 0) is 14.3 Å². The second-order valence-electron chi connectivity index (χ2n) is 8.67. The highest BCUT2D eigenvalue weighted by molar-refractivity contribution is 6.00. The Morgan fingerprint density at radius 1 is 1.10 bits per heavy atom. The first-order valence-corrected chi connectivity index (χ1v) is 11.1. The zero-order valence-corrected chi connectivity index (χ0v) is 17.8. The Morgan fingerprint density at radius 2 is 1.84 bits per heavy atom. The molecule has 4 rings (SSSR count).